The number of likely N-dealkylation sites (tertiary alicyclic amines) is 1. The predicted molar refractivity (Wildman–Crippen MR) is 138 cm³/mol. The number of nitrogens with zero attached hydrogens (tertiary/aromatic N) is 4. The molecule has 2 aromatic carbocycles. The summed E-state index contributed by atoms with van der Waals surface area (Å²) in [6, 6.07) is 8.20. The molecule has 1 fully saturated rings. The number of carbonyl (C=O) groups excluding carboxylic acids is 1. The van der Waals surface area contributed by atoms with E-state index < -0.39 is 17.6 Å². The highest BCUT2D eigenvalue weighted by Crippen LogP contribution is 2.35. The number of hydrogen-bond acceptors (Lipinski definition) is 5. The molecule has 0 radical (unpaired) electrons. The Balaban J connectivity index is 1.80. The molecule has 1 heterocycles. The lowest BCUT2D eigenvalue weighted by Gasteiger charge is -2.29. The van der Waals surface area contributed by atoms with Crippen molar-refractivity contribution in [3.05, 3.63) is 63.9 Å². The fourth-order valence-corrected chi connectivity index (χ4v) is 4.75. The van der Waals surface area contributed by atoms with Gasteiger partial charge in [0.1, 0.15) is 5.82 Å². The number of likely N-dealkylation sites (N-methyl/N-ethyl adjacent to an activating group) is 3. The summed E-state index contributed by atoms with van der Waals surface area (Å²) in [7, 11) is 7.67. The van der Waals surface area contributed by atoms with E-state index >= 15 is 0 Å². The lowest BCUT2D eigenvalue weighted by molar-refractivity contribution is -0.140. The minimum Gasteiger partial charge on any atom is -0.398 e. The van der Waals surface area contributed by atoms with Crippen molar-refractivity contribution in [3.63, 3.8) is 0 Å². The van der Waals surface area contributed by atoms with Crippen LogP contribution in [-0.2, 0) is 17.5 Å². The standard InChI is InChI=1S/C26H34ClF4N5O/c1-33(2)9-10-34(3)16-25(37)36-14-19(18-6-8-21(27)23(32)12-18)24(15-36)35(4)13-17-5-7-20(22(28)11-17)26(29,30)31/h5-8,11-12,19,24H,9-10,13-16,32H2,1-4H3/t19-,24+/m1/s1. The lowest BCUT2D eigenvalue weighted by atomic mass is 9.92. The van der Waals surface area contributed by atoms with E-state index in [1.165, 1.54) is 6.07 Å². The van der Waals surface area contributed by atoms with E-state index in [-0.39, 0.29) is 31.0 Å². The largest absolute Gasteiger partial charge is 0.419 e. The maximum absolute atomic E-state index is 14.2. The number of carbonyl (C=O) groups is 1. The normalized spacial score (nSPS) is 18.4. The molecule has 0 saturated carbocycles. The van der Waals surface area contributed by atoms with E-state index in [1.807, 2.05) is 49.0 Å². The van der Waals surface area contributed by atoms with Crippen LogP contribution < -0.4 is 5.73 Å². The van der Waals surface area contributed by atoms with Crippen molar-refractivity contribution in [1.82, 2.24) is 19.6 Å². The molecule has 0 spiro atoms. The Hall–Kier alpha value is -2.40. The maximum Gasteiger partial charge on any atom is 0.419 e. The molecule has 11 heteroatoms. The molecule has 204 valence electrons. The molecule has 1 amide bonds. The first-order valence-corrected chi connectivity index (χ1v) is 12.4. The SMILES string of the molecule is CN(C)CCN(C)CC(=O)N1C[C@H](c2ccc(Cl)c(N)c2)[C@@H](N(C)Cc2ccc(C(F)(F)F)c(F)c2)C1. The number of hydrogen-bond donors (Lipinski definition) is 1. The molecule has 0 unspecified atom stereocenters. The van der Waals surface area contributed by atoms with Crippen molar-refractivity contribution in [2.24, 2.45) is 0 Å². The van der Waals surface area contributed by atoms with Crippen LogP contribution in [0.1, 0.15) is 22.6 Å². The van der Waals surface area contributed by atoms with Crippen LogP contribution in [0.25, 0.3) is 0 Å². The topological polar surface area (TPSA) is 56.1 Å². The summed E-state index contributed by atoms with van der Waals surface area (Å²) in [6.07, 6.45) is -4.75. The van der Waals surface area contributed by atoms with Crippen LogP contribution in [0.5, 0.6) is 0 Å². The number of nitrogen functional groups attached to an aromatic ring is 1. The monoisotopic (exact) mass is 543 g/mol. The Morgan fingerprint density at radius 2 is 1.78 bits per heavy atom. The van der Waals surface area contributed by atoms with Crippen LogP contribution in [0.15, 0.2) is 36.4 Å². The Kier molecular flexibility index (Phi) is 9.44. The van der Waals surface area contributed by atoms with E-state index in [0.29, 0.717) is 29.4 Å². The molecule has 0 aromatic heterocycles. The van der Waals surface area contributed by atoms with Crippen molar-refractivity contribution in [2.45, 2.75) is 24.7 Å². The van der Waals surface area contributed by atoms with Gasteiger partial charge in [-0.15, -0.1) is 0 Å². The average Bonchev–Trinajstić information content (AvgIpc) is 3.24. The molecule has 0 aliphatic carbocycles. The lowest BCUT2D eigenvalue weighted by Crippen LogP contribution is -2.41. The highest BCUT2D eigenvalue weighted by molar-refractivity contribution is 6.33. The second-order valence-corrected chi connectivity index (χ2v) is 10.4. The maximum atomic E-state index is 14.2. The molecule has 3 rings (SSSR count). The summed E-state index contributed by atoms with van der Waals surface area (Å²) < 4.78 is 53.1. The van der Waals surface area contributed by atoms with E-state index in [1.54, 1.807) is 17.0 Å². The minimum atomic E-state index is -4.75. The second kappa shape index (κ2) is 12.0. The first-order chi connectivity index (χ1) is 17.3. The number of nitrogens with two attached hydrogens (primary N) is 1. The Bertz CT molecular complexity index is 1100. The van der Waals surface area contributed by atoms with Crippen molar-refractivity contribution in [2.75, 3.05) is 66.6 Å². The number of amides is 1. The van der Waals surface area contributed by atoms with Crippen LogP contribution >= 0.6 is 11.6 Å². The van der Waals surface area contributed by atoms with Gasteiger partial charge in [-0.25, -0.2) is 4.39 Å². The van der Waals surface area contributed by atoms with E-state index in [9.17, 15) is 22.4 Å². The molecule has 6 nitrogen and oxygen atoms in total. The molecule has 2 N–H and O–H groups in total. The first kappa shape index (κ1) is 29.2. The van der Waals surface area contributed by atoms with E-state index in [4.69, 9.17) is 17.3 Å². The third kappa shape index (κ3) is 7.56. The third-order valence-corrected chi connectivity index (χ3v) is 7.11. The van der Waals surface area contributed by atoms with Crippen molar-refractivity contribution < 1.29 is 22.4 Å². The van der Waals surface area contributed by atoms with Crippen LogP contribution in [0, 0.1) is 5.82 Å². The first-order valence-electron chi connectivity index (χ1n) is 12.0. The van der Waals surface area contributed by atoms with Crippen LogP contribution in [0.2, 0.25) is 5.02 Å². The van der Waals surface area contributed by atoms with Crippen molar-refractivity contribution in [1.29, 1.82) is 0 Å². The third-order valence-electron chi connectivity index (χ3n) is 6.76. The number of anilines is 1. The molecule has 0 bridgehead atoms. The second-order valence-electron chi connectivity index (χ2n) is 10.0. The zero-order valence-electron chi connectivity index (χ0n) is 21.5. The minimum absolute atomic E-state index is 0.00957. The number of halogens is 5. The van der Waals surface area contributed by atoms with E-state index in [0.717, 1.165) is 30.8 Å². The smallest absolute Gasteiger partial charge is 0.398 e. The van der Waals surface area contributed by atoms with Gasteiger partial charge in [-0.05, 0) is 63.6 Å². The van der Waals surface area contributed by atoms with E-state index in [2.05, 4.69) is 0 Å². The summed E-state index contributed by atoms with van der Waals surface area (Å²) >= 11 is 6.12. The van der Waals surface area contributed by atoms with Crippen LogP contribution in [0.3, 0.4) is 0 Å². The zero-order chi connectivity index (χ0) is 27.5. The molecule has 2 atom stereocenters. The van der Waals surface area contributed by atoms with Gasteiger partial charge in [0.25, 0.3) is 0 Å². The number of alkyl halides is 3. The number of rotatable bonds is 9. The summed E-state index contributed by atoms with van der Waals surface area (Å²) in [5, 5.41) is 0.433. The average molecular weight is 544 g/mol. The molecule has 37 heavy (non-hydrogen) atoms. The predicted octanol–water partition coefficient (Wildman–Crippen LogP) is 4.00. The van der Waals surface area contributed by atoms with Gasteiger partial charge in [-0.1, -0.05) is 23.7 Å². The van der Waals surface area contributed by atoms with Gasteiger partial charge in [-0.2, -0.15) is 13.2 Å². The highest BCUT2D eigenvalue weighted by Gasteiger charge is 2.39. The molecular weight excluding hydrogens is 510 g/mol. The molecular formula is C26H34ClF4N5O. The van der Waals surface area contributed by atoms with Gasteiger partial charge < -0.3 is 15.5 Å². The fourth-order valence-electron chi connectivity index (χ4n) is 4.63. The highest BCUT2D eigenvalue weighted by atomic mass is 35.5. The van der Waals surface area contributed by atoms with Gasteiger partial charge in [0.05, 0.1) is 22.8 Å². The van der Waals surface area contributed by atoms with Crippen molar-refractivity contribution in [3.8, 4) is 0 Å². The molecule has 1 saturated heterocycles. The number of benzene rings is 2. The summed E-state index contributed by atoms with van der Waals surface area (Å²) in [4.78, 5) is 20.9. The summed E-state index contributed by atoms with van der Waals surface area (Å²) in [5.74, 6) is -1.42. The van der Waals surface area contributed by atoms with Gasteiger partial charge in [0.2, 0.25) is 5.91 Å². The Morgan fingerprint density at radius 3 is 2.38 bits per heavy atom. The van der Waals surface area contributed by atoms with Crippen LogP contribution in [0.4, 0.5) is 23.2 Å². The zero-order valence-corrected chi connectivity index (χ0v) is 22.3. The Labute approximate surface area is 220 Å². The van der Waals surface area contributed by atoms with Gasteiger partial charge in [0, 0.05) is 44.7 Å². The summed E-state index contributed by atoms with van der Waals surface area (Å²) in [6.45, 7) is 2.93. The quantitative estimate of drug-likeness (QED) is 0.383. The molecule has 2 aromatic rings. The molecule has 1 aliphatic rings. The van der Waals surface area contributed by atoms with Crippen molar-refractivity contribution >= 4 is 23.2 Å². The van der Waals surface area contributed by atoms with Crippen LogP contribution in [-0.4, -0.2) is 92.5 Å². The van der Waals surface area contributed by atoms with Gasteiger partial charge >= 0.3 is 6.18 Å². The van der Waals surface area contributed by atoms with Gasteiger partial charge in [-0.3, -0.25) is 14.6 Å². The Morgan fingerprint density at radius 1 is 1.08 bits per heavy atom. The molecule has 1 aliphatic heterocycles. The fraction of sp³-hybridized carbons (Fsp3) is 0.500. The van der Waals surface area contributed by atoms with Gasteiger partial charge in [0.15, 0.2) is 0 Å². The summed E-state index contributed by atoms with van der Waals surface area (Å²) in [5.41, 5.74) is 6.51.